The summed E-state index contributed by atoms with van der Waals surface area (Å²) in [6.07, 6.45) is 4.11. The van der Waals surface area contributed by atoms with Gasteiger partial charge in [0.25, 0.3) is 0 Å². The SMILES string of the molecule is S=c1[nH]nc(NC2CCOC2C2CC2)s1. The minimum Gasteiger partial charge on any atom is -0.376 e. The lowest BCUT2D eigenvalue weighted by Crippen LogP contribution is -2.30. The lowest BCUT2D eigenvalue weighted by molar-refractivity contribution is 0.0898. The van der Waals surface area contributed by atoms with Crippen LogP contribution in [0.3, 0.4) is 0 Å². The number of ether oxygens (including phenoxy) is 1. The first-order chi connectivity index (χ1) is 7.33. The zero-order chi connectivity index (χ0) is 10.3. The fourth-order valence-electron chi connectivity index (χ4n) is 2.11. The second-order valence-electron chi connectivity index (χ2n) is 4.13. The van der Waals surface area contributed by atoms with Gasteiger partial charge < -0.3 is 10.1 Å². The lowest BCUT2D eigenvalue weighted by atomic mass is 10.1. The number of rotatable bonds is 3. The molecule has 2 fully saturated rings. The van der Waals surface area contributed by atoms with Crippen molar-refractivity contribution in [2.45, 2.75) is 31.4 Å². The van der Waals surface area contributed by atoms with Crippen LogP contribution >= 0.6 is 23.6 Å². The first-order valence-electron chi connectivity index (χ1n) is 5.26. The number of H-pyrrole nitrogens is 1. The Morgan fingerprint density at radius 2 is 2.33 bits per heavy atom. The van der Waals surface area contributed by atoms with E-state index in [1.165, 1.54) is 24.2 Å². The fraction of sp³-hybridized carbons (Fsp3) is 0.778. The number of aromatic nitrogens is 2. The van der Waals surface area contributed by atoms with Crippen molar-refractivity contribution in [1.29, 1.82) is 0 Å². The quantitative estimate of drug-likeness (QED) is 0.799. The Balaban J connectivity index is 1.68. The fourth-order valence-corrected chi connectivity index (χ4v) is 2.96. The highest BCUT2D eigenvalue weighted by molar-refractivity contribution is 7.73. The molecule has 2 unspecified atom stereocenters. The second kappa shape index (κ2) is 3.84. The summed E-state index contributed by atoms with van der Waals surface area (Å²) in [7, 11) is 0. The van der Waals surface area contributed by atoms with Gasteiger partial charge in [0.15, 0.2) is 3.95 Å². The van der Waals surface area contributed by atoms with Crippen molar-refractivity contribution in [3.8, 4) is 0 Å². The first kappa shape index (κ1) is 9.74. The van der Waals surface area contributed by atoms with Crippen LogP contribution < -0.4 is 5.32 Å². The molecule has 1 aromatic rings. The van der Waals surface area contributed by atoms with Crippen LogP contribution in [0.4, 0.5) is 5.13 Å². The Labute approximate surface area is 97.0 Å². The van der Waals surface area contributed by atoms with Gasteiger partial charge in [-0.05, 0) is 37.4 Å². The maximum atomic E-state index is 5.75. The molecule has 2 atom stereocenters. The summed E-state index contributed by atoms with van der Waals surface area (Å²) >= 11 is 6.49. The van der Waals surface area contributed by atoms with Crippen LogP contribution in [-0.2, 0) is 4.74 Å². The van der Waals surface area contributed by atoms with E-state index >= 15 is 0 Å². The standard InChI is InChI=1S/C9H13N3OS2/c14-9-12-11-8(15-9)10-6-3-4-13-7(6)5-1-2-5/h5-7H,1-4H2,(H,10,11)(H,12,14). The molecule has 0 radical (unpaired) electrons. The topological polar surface area (TPSA) is 49.9 Å². The minimum atomic E-state index is 0.391. The van der Waals surface area contributed by atoms with Gasteiger partial charge in [-0.15, -0.1) is 5.10 Å². The number of anilines is 1. The van der Waals surface area contributed by atoms with Gasteiger partial charge in [0.2, 0.25) is 5.13 Å². The van der Waals surface area contributed by atoms with Crippen molar-refractivity contribution in [3.05, 3.63) is 3.95 Å². The van der Waals surface area contributed by atoms with Gasteiger partial charge in [0.05, 0.1) is 12.1 Å². The van der Waals surface area contributed by atoms with Crippen molar-refractivity contribution < 1.29 is 4.74 Å². The Morgan fingerprint density at radius 3 is 3.00 bits per heavy atom. The summed E-state index contributed by atoms with van der Waals surface area (Å²) in [6.45, 7) is 0.870. The Hall–Kier alpha value is -0.460. The molecule has 82 valence electrons. The van der Waals surface area contributed by atoms with E-state index in [1.807, 2.05) is 0 Å². The average molecular weight is 243 g/mol. The number of hydrogen-bond donors (Lipinski definition) is 2. The highest BCUT2D eigenvalue weighted by Crippen LogP contribution is 2.39. The molecule has 0 spiro atoms. The predicted octanol–water partition coefficient (Wildman–Crippen LogP) is 2.18. The molecule has 1 aliphatic carbocycles. The molecule has 1 aromatic heterocycles. The molecular formula is C9H13N3OS2. The van der Waals surface area contributed by atoms with Crippen molar-refractivity contribution in [2.24, 2.45) is 5.92 Å². The number of nitrogens with zero attached hydrogens (tertiary/aromatic N) is 1. The van der Waals surface area contributed by atoms with Gasteiger partial charge in [-0.3, -0.25) is 5.10 Å². The zero-order valence-electron chi connectivity index (χ0n) is 8.23. The molecule has 4 nitrogen and oxygen atoms in total. The molecule has 0 amide bonds. The van der Waals surface area contributed by atoms with E-state index in [4.69, 9.17) is 17.0 Å². The van der Waals surface area contributed by atoms with Crippen molar-refractivity contribution in [2.75, 3.05) is 11.9 Å². The Kier molecular flexibility index (Phi) is 2.50. The van der Waals surface area contributed by atoms with Crippen LogP contribution in [0.2, 0.25) is 0 Å². The summed E-state index contributed by atoms with van der Waals surface area (Å²) < 4.78 is 6.47. The number of hydrogen-bond acceptors (Lipinski definition) is 5. The maximum absolute atomic E-state index is 5.75. The monoisotopic (exact) mass is 243 g/mol. The third-order valence-corrected chi connectivity index (χ3v) is 3.99. The summed E-state index contributed by atoms with van der Waals surface area (Å²) in [5.74, 6) is 0.775. The third-order valence-electron chi connectivity index (χ3n) is 2.97. The summed E-state index contributed by atoms with van der Waals surface area (Å²) in [6, 6.07) is 0.423. The van der Waals surface area contributed by atoms with Crippen LogP contribution in [0.5, 0.6) is 0 Å². The molecule has 3 rings (SSSR count). The maximum Gasteiger partial charge on any atom is 0.204 e. The van der Waals surface area contributed by atoms with Gasteiger partial charge in [-0.1, -0.05) is 11.3 Å². The smallest absolute Gasteiger partial charge is 0.204 e. The summed E-state index contributed by atoms with van der Waals surface area (Å²) in [4.78, 5) is 0. The Bertz CT molecular complexity index is 398. The molecule has 0 aromatic carbocycles. The summed E-state index contributed by atoms with van der Waals surface area (Å²) in [5.41, 5.74) is 0. The molecule has 2 N–H and O–H groups in total. The number of aromatic amines is 1. The summed E-state index contributed by atoms with van der Waals surface area (Å²) in [5, 5.41) is 11.2. The molecule has 1 saturated carbocycles. The van der Waals surface area contributed by atoms with Gasteiger partial charge in [0.1, 0.15) is 0 Å². The van der Waals surface area contributed by atoms with E-state index in [0.717, 1.165) is 28.0 Å². The van der Waals surface area contributed by atoms with Gasteiger partial charge >= 0.3 is 0 Å². The van der Waals surface area contributed by atoms with Crippen LogP contribution in [0, 0.1) is 9.87 Å². The zero-order valence-corrected chi connectivity index (χ0v) is 9.87. The predicted molar refractivity (Wildman–Crippen MR) is 61.8 cm³/mol. The van der Waals surface area contributed by atoms with E-state index in [0.29, 0.717) is 12.1 Å². The van der Waals surface area contributed by atoms with Crippen LogP contribution in [0.1, 0.15) is 19.3 Å². The van der Waals surface area contributed by atoms with Gasteiger partial charge in [-0.25, -0.2) is 0 Å². The largest absolute Gasteiger partial charge is 0.376 e. The highest BCUT2D eigenvalue weighted by atomic mass is 32.1. The minimum absolute atomic E-state index is 0.391. The highest BCUT2D eigenvalue weighted by Gasteiger charge is 2.40. The third kappa shape index (κ3) is 2.07. The molecular weight excluding hydrogens is 230 g/mol. The van der Waals surface area contributed by atoms with Crippen molar-refractivity contribution >= 4 is 28.7 Å². The molecule has 2 aliphatic rings. The normalized spacial score (nSPS) is 30.7. The first-order valence-corrected chi connectivity index (χ1v) is 6.49. The van der Waals surface area contributed by atoms with E-state index in [9.17, 15) is 0 Å². The van der Waals surface area contributed by atoms with E-state index in [1.54, 1.807) is 0 Å². The molecule has 6 heteroatoms. The van der Waals surface area contributed by atoms with Crippen LogP contribution in [0.25, 0.3) is 0 Å². The molecule has 15 heavy (non-hydrogen) atoms. The van der Waals surface area contributed by atoms with E-state index in [-0.39, 0.29) is 0 Å². The van der Waals surface area contributed by atoms with Crippen LogP contribution in [0.15, 0.2) is 0 Å². The molecule has 1 aliphatic heterocycles. The lowest BCUT2D eigenvalue weighted by Gasteiger charge is -2.18. The number of nitrogens with one attached hydrogen (secondary N) is 2. The molecule has 1 saturated heterocycles. The van der Waals surface area contributed by atoms with E-state index in [2.05, 4.69) is 15.5 Å². The van der Waals surface area contributed by atoms with Crippen molar-refractivity contribution in [3.63, 3.8) is 0 Å². The van der Waals surface area contributed by atoms with Crippen LogP contribution in [-0.4, -0.2) is 29.0 Å². The second-order valence-corrected chi connectivity index (χ2v) is 5.80. The molecule has 2 heterocycles. The molecule has 0 bridgehead atoms. The van der Waals surface area contributed by atoms with Gasteiger partial charge in [0, 0.05) is 6.61 Å². The average Bonchev–Trinajstić information content (AvgIpc) is 2.83. The van der Waals surface area contributed by atoms with Crippen molar-refractivity contribution in [1.82, 2.24) is 10.2 Å². The van der Waals surface area contributed by atoms with Gasteiger partial charge in [-0.2, -0.15) is 0 Å². The Morgan fingerprint density at radius 1 is 1.47 bits per heavy atom. The van der Waals surface area contributed by atoms with E-state index < -0.39 is 0 Å².